The molecule has 2 atom stereocenters. The monoisotopic (exact) mass is 258 g/mol. The van der Waals surface area contributed by atoms with Crippen molar-refractivity contribution >= 4 is 5.78 Å². The third-order valence-electron chi connectivity index (χ3n) is 4.32. The molecule has 3 aliphatic rings. The number of nitrogens with one attached hydrogen (secondary N) is 1. The molecule has 0 unspecified atom stereocenters. The fourth-order valence-corrected chi connectivity index (χ4v) is 3.40. The molecule has 4 rings (SSSR count). The summed E-state index contributed by atoms with van der Waals surface area (Å²) in [6.07, 6.45) is 2.31. The summed E-state index contributed by atoms with van der Waals surface area (Å²) in [5.41, 5.74) is -2.68. The first-order valence-electron chi connectivity index (χ1n) is 6.42. The Bertz CT molecular complexity index is 627. The number of hydrogen-bond acceptors (Lipinski definition) is 5. The second-order valence-electron chi connectivity index (χ2n) is 5.27. The molecule has 2 heterocycles. The molecule has 1 saturated heterocycles. The van der Waals surface area contributed by atoms with E-state index in [0.717, 1.165) is 13.0 Å². The maximum atomic E-state index is 12.4. The van der Waals surface area contributed by atoms with Gasteiger partial charge in [0.05, 0.1) is 0 Å². The van der Waals surface area contributed by atoms with Crippen LogP contribution in [-0.2, 0) is 5.72 Å². The van der Waals surface area contributed by atoms with Crippen molar-refractivity contribution in [3.8, 4) is 0 Å². The number of nitrogens with zero attached hydrogens (tertiary/aromatic N) is 1. The summed E-state index contributed by atoms with van der Waals surface area (Å²) >= 11 is 0. The molecular formula is C14H14N2O3. The Morgan fingerprint density at radius 1 is 1.26 bits per heavy atom. The molecule has 3 N–H and O–H groups in total. The average Bonchev–Trinajstić information content (AvgIpc) is 2.77. The normalized spacial score (nSPS) is 35.4. The van der Waals surface area contributed by atoms with E-state index in [2.05, 4.69) is 5.32 Å². The van der Waals surface area contributed by atoms with Crippen LogP contribution in [0.15, 0.2) is 36.2 Å². The fraction of sp³-hybridized carbons (Fsp3) is 0.357. The minimum Gasteiger partial charge on any atom is -0.373 e. The van der Waals surface area contributed by atoms with E-state index in [1.165, 1.54) is 6.08 Å². The summed E-state index contributed by atoms with van der Waals surface area (Å²) in [5.74, 6) is 0.202. The van der Waals surface area contributed by atoms with Gasteiger partial charge < -0.3 is 20.4 Å². The highest BCUT2D eigenvalue weighted by Crippen LogP contribution is 2.52. The predicted molar refractivity (Wildman–Crippen MR) is 67.0 cm³/mol. The number of aliphatic hydroxyl groups is 2. The van der Waals surface area contributed by atoms with E-state index in [-0.39, 0.29) is 0 Å². The zero-order valence-corrected chi connectivity index (χ0v) is 10.3. The van der Waals surface area contributed by atoms with Crippen LogP contribution in [0.5, 0.6) is 0 Å². The van der Waals surface area contributed by atoms with Gasteiger partial charge in [0.1, 0.15) is 5.82 Å². The SMILES string of the molecule is O=C1c2ccccc2[C@]2(O)N3CCCNC3=C[C@]12O. The molecule has 1 fully saturated rings. The van der Waals surface area contributed by atoms with Crippen molar-refractivity contribution in [1.82, 2.24) is 10.2 Å². The van der Waals surface area contributed by atoms with Crippen LogP contribution in [-0.4, -0.2) is 39.6 Å². The Labute approximate surface area is 110 Å². The van der Waals surface area contributed by atoms with Crippen molar-refractivity contribution < 1.29 is 15.0 Å². The van der Waals surface area contributed by atoms with Crippen molar-refractivity contribution in [3.05, 3.63) is 47.3 Å². The summed E-state index contributed by atoms with van der Waals surface area (Å²) < 4.78 is 0. The maximum Gasteiger partial charge on any atom is 0.207 e. The van der Waals surface area contributed by atoms with E-state index in [1.54, 1.807) is 29.2 Å². The Morgan fingerprint density at radius 2 is 2.05 bits per heavy atom. The van der Waals surface area contributed by atoms with Gasteiger partial charge in [-0.3, -0.25) is 4.79 Å². The van der Waals surface area contributed by atoms with Crippen molar-refractivity contribution in [2.24, 2.45) is 0 Å². The van der Waals surface area contributed by atoms with E-state index >= 15 is 0 Å². The lowest BCUT2D eigenvalue weighted by Gasteiger charge is -2.42. The highest BCUT2D eigenvalue weighted by atomic mass is 16.4. The fourth-order valence-electron chi connectivity index (χ4n) is 3.40. The first-order chi connectivity index (χ1) is 9.09. The molecule has 0 amide bonds. The third-order valence-corrected chi connectivity index (χ3v) is 4.32. The van der Waals surface area contributed by atoms with Gasteiger partial charge in [-0.1, -0.05) is 24.3 Å². The summed E-state index contributed by atoms with van der Waals surface area (Å²) in [5, 5.41) is 25.0. The summed E-state index contributed by atoms with van der Waals surface area (Å²) in [6.45, 7) is 1.39. The van der Waals surface area contributed by atoms with Crippen molar-refractivity contribution in [2.45, 2.75) is 17.7 Å². The third kappa shape index (κ3) is 1.03. The molecule has 1 aliphatic carbocycles. The number of Topliss-reactive ketones (excluding diaryl/α,β-unsaturated/α-hetero) is 1. The molecule has 0 saturated carbocycles. The van der Waals surface area contributed by atoms with E-state index in [4.69, 9.17) is 0 Å². The van der Waals surface area contributed by atoms with Crippen LogP contribution in [0.1, 0.15) is 22.3 Å². The zero-order valence-electron chi connectivity index (χ0n) is 10.3. The van der Waals surface area contributed by atoms with Gasteiger partial charge in [0.25, 0.3) is 0 Å². The zero-order chi connectivity index (χ0) is 13.3. The molecule has 0 aromatic heterocycles. The van der Waals surface area contributed by atoms with Crippen molar-refractivity contribution in [2.75, 3.05) is 13.1 Å². The Balaban J connectivity index is 1.99. The van der Waals surface area contributed by atoms with Gasteiger partial charge in [-0.25, -0.2) is 0 Å². The smallest absolute Gasteiger partial charge is 0.207 e. The molecule has 1 aromatic carbocycles. The molecule has 5 nitrogen and oxygen atoms in total. The predicted octanol–water partition coefficient (Wildman–Crippen LogP) is -0.0906. The number of carbonyl (C=O) groups is 1. The first-order valence-corrected chi connectivity index (χ1v) is 6.42. The average molecular weight is 258 g/mol. The molecule has 5 heteroatoms. The highest BCUT2D eigenvalue weighted by Gasteiger charge is 2.68. The number of hydrogen-bond donors (Lipinski definition) is 3. The van der Waals surface area contributed by atoms with Gasteiger partial charge in [-0.2, -0.15) is 0 Å². The number of rotatable bonds is 0. The van der Waals surface area contributed by atoms with Crippen LogP contribution in [0, 0.1) is 0 Å². The lowest BCUT2D eigenvalue weighted by Crippen LogP contribution is -2.57. The Morgan fingerprint density at radius 3 is 2.89 bits per heavy atom. The van der Waals surface area contributed by atoms with Crippen molar-refractivity contribution in [1.29, 1.82) is 0 Å². The minimum atomic E-state index is -1.89. The summed E-state index contributed by atoms with van der Waals surface area (Å²) in [4.78, 5) is 14.1. The first kappa shape index (κ1) is 11.0. The van der Waals surface area contributed by atoms with E-state index in [0.29, 0.717) is 23.5 Å². The van der Waals surface area contributed by atoms with Gasteiger partial charge >= 0.3 is 0 Å². The van der Waals surface area contributed by atoms with Gasteiger partial charge in [0.2, 0.25) is 17.1 Å². The Hall–Kier alpha value is -1.85. The lowest BCUT2D eigenvalue weighted by atomic mass is 9.92. The maximum absolute atomic E-state index is 12.4. The Kier molecular flexibility index (Phi) is 1.84. The van der Waals surface area contributed by atoms with E-state index in [9.17, 15) is 15.0 Å². The van der Waals surface area contributed by atoms with Gasteiger partial charge in [-0.15, -0.1) is 0 Å². The molecule has 0 bridgehead atoms. The standard InChI is InChI=1S/C14H14N2O3/c17-12-9-4-1-2-5-10(9)14(19)13(12,18)8-11-15-6-3-7-16(11)14/h1-2,4-5,8,15,18-19H,3,6-7H2/t13-,14+/m0/s1. The second kappa shape index (κ2) is 3.18. The number of carbonyl (C=O) groups excluding carboxylic acids is 1. The van der Waals surface area contributed by atoms with Crippen LogP contribution in [0.2, 0.25) is 0 Å². The van der Waals surface area contributed by atoms with E-state index < -0.39 is 17.1 Å². The molecular weight excluding hydrogens is 244 g/mol. The molecule has 98 valence electrons. The van der Waals surface area contributed by atoms with Crippen LogP contribution >= 0.6 is 0 Å². The van der Waals surface area contributed by atoms with Crippen molar-refractivity contribution in [3.63, 3.8) is 0 Å². The van der Waals surface area contributed by atoms with Crippen LogP contribution in [0.3, 0.4) is 0 Å². The van der Waals surface area contributed by atoms with Gasteiger partial charge in [-0.05, 0) is 6.42 Å². The molecule has 2 aliphatic heterocycles. The van der Waals surface area contributed by atoms with Gasteiger partial charge in [0, 0.05) is 30.3 Å². The summed E-state index contributed by atoms with van der Waals surface area (Å²) in [6, 6.07) is 6.86. The molecule has 1 aromatic rings. The largest absolute Gasteiger partial charge is 0.373 e. The highest BCUT2D eigenvalue weighted by molar-refractivity contribution is 6.10. The number of fused-ring (bicyclic) bond motifs is 5. The number of ketones is 1. The molecule has 19 heavy (non-hydrogen) atoms. The van der Waals surface area contributed by atoms with Crippen LogP contribution in [0.25, 0.3) is 0 Å². The quantitative estimate of drug-likeness (QED) is 0.606. The van der Waals surface area contributed by atoms with Crippen LogP contribution in [0.4, 0.5) is 0 Å². The number of benzene rings is 1. The lowest BCUT2D eigenvalue weighted by molar-refractivity contribution is -0.171. The summed E-state index contributed by atoms with van der Waals surface area (Å²) in [7, 11) is 0. The molecule has 0 radical (unpaired) electrons. The van der Waals surface area contributed by atoms with Gasteiger partial charge in [0.15, 0.2) is 0 Å². The van der Waals surface area contributed by atoms with Crippen LogP contribution < -0.4 is 5.32 Å². The minimum absolute atomic E-state index is 0.397. The second-order valence-corrected chi connectivity index (χ2v) is 5.27. The van der Waals surface area contributed by atoms with E-state index in [1.807, 2.05) is 0 Å². The molecule has 0 spiro atoms. The topological polar surface area (TPSA) is 72.8 Å².